The SMILES string of the molecule is CCC(C#N)S(=O)(=O)Nc1ccc(OC)c(N)c1. The molecule has 1 aromatic carbocycles. The lowest BCUT2D eigenvalue weighted by molar-refractivity contribution is 0.417. The third-order valence-electron chi connectivity index (χ3n) is 2.38. The second kappa shape index (κ2) is 5.60. The number of nitriles is 1. The van der Waals surface area contributed by atoms with E-state index in [1.54, 1.807) is 19.1 Å². The number of ether oxygens (including phenoxy) is 1. The smallest absolute Gasteiger partial charge is 0.249 e. The highest BCUT2D eigenvalue weighted by molar-refractivity contribution is 7.93. The van der Waals surface area contributed by atoms with Gasteiger partial charge in [0.25, 0.3) is 0 Å². The monoisotopic (exact) mass is 269 g/mol. The van der Waals surface area contributed by atoms with Crippen LogP contribution in [0.25, 0.3) is 0 Å². The first-order chi connectivity index (χ1) is 8.44. The maximum absolute atomic E-state index is 11.8. The molecule has 0 aliphatic carbocycles. The summed E-state index contributed by atoms with van der Waals surface area (Å²) in [6, 6.07) is 6.27. The second-order valence-electron chi connectivity index (χ2n) is 3.63. The number of anilines is 2. The lowest BCUT2D eigenvalue weighted by Crippen LogP contribution is -2.25. The average molecular weight is 269 g/mol. The third kappa shape index (κ3) is 3.05. The topological polar surface area (TPSA) is 105 Å². The van der Waals surface area contributed by atoms with Crippen LogP contribution in [-0.2, 0) is 10.0 Å². The highest BCUT2D eigenvalue weighted by atomic mass is 32.2. The number of nitrogens with zero attached hydrogens (tertiary/aromatic N) is 1. The summed E-state index contributed by atoms with van der Waals surface area (Å²) in [6.07, 6.45) is 0.220. The van der Waals surface area contributed by atoms with Crippen LogP contribution in [0.4, 0.5) is 11.4 Å². The molecule has 18 heavy (non-hydrogen) atoms. The number of hydrogen-bond donors (Lipinski definition) is 2. The summed E-state index contributed by atoms with van der Waals surface area (Å²) in [5.41, 5.74) is 6.30. The molecule has 0 spiro atoms. The summed E-state index contributed by atoms with van der Waals surface area (Å²) >= 11 is 0. The lowest BCUT2D eigenvalue weighted by Gasteiger charge is -2.12. The molecule has 1 aromatic rings. The Morgan fingerprint density at radius 1 is 1.56 bits per heavy atom. The number of nitrogen functional groups attached to an aromatic ring is 1. The van der Waals surface area contributed by atoms with Crippen molar-refractivity contribution in [2.45, 2.75) is 18.6 Å². The van der Waals surface area contributed by atoms with E-state index in [2.05, 4.69) is 4.72 Å². The van der Waals surface area contributed by atoms with E-state index in [1.165, 1.54) is 19.2 Å². The molecule has 0 aliphatic heterocycles. The summed E-state index contributed by atoms with van der Waals surface area (Å²) in [5.74, 6) is 0.463. The molecule has 0 saturated carbocycles. The number of nitrogens with two attached hydrogens (primary N) is 1. The zero-order chi connectivity index (χ0) is 13.8. The minimum atomic E-state index is -3.72. The van der Waals surface area contributed by atoms with Gasteiger partial charge in [0, 0.05) is 0 Å². The van der Waals surface area contributed by atoms with Gasteiger partial charge in [0.05, 0.1) is 24.6 Å². The Labute approximate surface area is 106 Å². The van der Waals surface area contributed by atoms with Crippen molar-refractivity contribution in [3.63, 3.8) is 0 Å². The van der Waals surface area contributed by atoms with Gasteiger partial charge in [-0.25, -0.2) is 8.42 Å². The van der Waals surface area contributed by atoms with Gasteiger partial charge in [-0.2, -0.15) is 5.26 Å². The Balaban J connectivity index is 2.99. The van der Waals surface area contributed by atoms with Crippen LogP contribution in [0, 0.1) is 11.3 Å². The van der Waals surface area contributed by atoms with Crippen LogP contribution in [0.1, 0.15) is 13.3 Å². The zero-order valence-corrected chi connectivity index (χ0v) is 11.0. The van der Waals surface area contributed by atoms with E-state index in [9.17, 15) is 8.42 Å². The summed E-state index contributed by atoms with van der Waals surface area (Å²) in [7, 11) is -2.25. The molecule has 1 rings (SSSR count). The first kappa shape index (κ1) is 14.1. The van der Waals surface area contributed by atoms with E-state index < -0.39 is 15.3 Å². The zero-order valence-electron chi connectivity index (χ0n) is 10.2. The van der Waals surface area contributed by atoms with E-state index in [1.807, 2.05) is 0 Å². The molecule has 1 atom stereocenters. The van der Waals surface area contributed by atoms with Crippen LogP contribution >= 0.6 is 0 Å². The van der Waals surface area contributed by atoms with Crippen LogP contribution in [0.5, 0.6) is 5.75 Å². The Kier molecular flexibility index (Phi) is 4.39. The van der Waals surface area contributed by atoms with Gasteiger partial charge in [-0.15, -0.1) is 0 Å². The van der Waals surface area contributed by atoms with E-state index in [0.717, 1.165) is 0 Å². The Morgan fingerprint density at radius 2 is 2.22 bits per heavy atom. The summed E-state index contributed by atoms with van der Waals surface area (Å²) < 4.78 is 30.9. The van der Waals surface area contributed by atoms with Crippen molar-refractivity contribution in [3.05, 3.63) is 18.2 Å². The summed E-state index contributed by atoms with van der Waals surface area (Å²) in [6.45, 7) is 1.63. The average Bonchev–Trinajstić information content (AvgIpc) is 2.29. The molecule has 0 aliphatic rings. The Bertz CT molecular complexity index is 563. The summed E-state index contributed by atoms with van der Waals surface area (Å²) in [4.78, 5) is 0. The van der Waals surface area contributed by atoms with Crippen molar-refractivity contribution in [2.24, 2.45) is 0 Å². The number of sulfonamides is 1. The minimum Gasteiger partial charge on any atom is -0.495 e. The number of hydrogen-bond acceptors (Lipinski definition) is 5. The van der Waals surface area contributed by atoms with Gasteiger partial charge in [0.15, 0.2) is 5.25 Å². The predicted octanol–water partition coefficient (Wildman–Crippen LogP) is 1.32. The minimum absolute atomic E-state index is 0.220. The van der Waals surface area contributed by atoms with Crippen LogP contribution in [-0.4, -0.2) is 20.8 Å². The van der Waals surface area contributed by atoms with E-state index in [4.69, 9.17) is 15.7 Å². The molecular weight excluding hydrogens is 254 g/mol. The van der Waals surface area contributed by atoms with Crippen molar-refractivity contribution in [2.75, 3.05) is 17.6 Å². The van der Waals surface area contributed by atoms with Crippen LogP contribution in [0.15, 0.2) is 18.2 Å². The molecule has 0 amide bonds. The highest BCUT2D eigenvalue weighted by Crippen LogP contribution is 2.25. The fourth-order valence-electron chi connectivity index (χ4n) is 1.41. The Morgan fingerprint density at radius 3 is 2.67 bits per heavy atom. The van der Waals surface area contributed by atoms with Gasteiger partial charge in [0.1, 0.15) is 5.75 Å². The first-order valence-corrected chi connectivity index (χ1v) is 6.84. The molecule has 0 radical (unpaired) electrons. The predicted molar refractivity (Wildman–Crippen MR) is 69.6 cm³/mol. The number of rotatable bonds is 5. The molecule has 7 heteroatoms. The van der Waals surface area contributed by atoms with Crippen LogP contribution < -0.4 is 15.2 Å². The van der Waals surface area contributed by atoms with Crippen LogP contribution in [0.2, 0.25) is 0 Å². The molecule has 3 N–H and O–H groups in total. The molecular formula is C11H15N3O3S. The largest absolute Gasteiger partial charge is 0.495 e. The van der Waals surface area contributed by atoms with Crippen molar-refractivity contribution in [1.29, 1.82) is 5.26 Å². The molecule has 1 unspecified atom stereocenters. The lowest BCUT2D eigenvalue weighted by atomic mass is 10.2. The molecule has 0 heterocycles. The second-order valence-corrected chi connectivity index (χ2v) is 5.49. The number of benzene rings is 1. The third-order valence-corrected chi connectivity index (χ3v) is 4.09. The van der Waals surface area contributed by atoms with Gasteiger partial charge in [-0.3, -0.25) is 4.72 Å². The quantitative estimate of drug-likeness (QED) is 0.784. The van der Waals surface area contributed by atoms with Crippen molar-refractivity contribution in [1.82, 2.24) is 0 Å². The maximum Gasteiger partial charge on any atom is 0.249 e. The molecule has 0 fully saturated rings. The van der Waals surface area contributed by atoms with E-state index in [-0.39, 0.29) is 6.42 Å². The highest BCUT2D eigenvalue weighted by Gasteiger charge is 2.23. The fourth-order valence-corrected chi connectivity index (χ4v) is 2.59. The fraction of sp³-hybridized carbons (Fsp3) is 0.364. The van der Waals surface area contributed by atoms with E-state index >= 15 is 0 Å². The van der Waals surface area contributed by atoms with Gasteiger partial charge in [0.2, 0.25) is 10.0 Å². The van der Waals surface area contributed by atoms with Crippen molar-refractivity contribution < 1.29 is 13.2 Å². The first-order valence-electron chi connectivity index (χ1n) is 5.29. The normalized spacial score (nSPS) is 12.5. The van der Waals surface area contributed by atoms with Gasteiger partial charge in [-0.05, 0) is 24.6 Å². The van der Waals surface area contributed by atoms with Gasteiger partial charge < -0.3 is 10.5 Å². The molecule has 0 bridgehead atoms. The van der Waals surface area contributed by atoms with Crippen LogP contribution in [0.3, 0.4) is 0 Å². The molecule has 0 aromatic heterocycles. The Hall–Kier alpha value is -1.94. The molecule has 98 valence electrons. The maximum atomic E-state index is 11.8. The summed E-state index contributed by atoms with van der Waals surface area (Å²) in [5, 5.41) is 7.68. The molecule has 6 nitrogen and oxygen atoms in total. The van der Waals surface area contributed by atoms with Gasteiger partial charge in [-0.1, -0.05) is 6.92 Å². The van der Waals surface area contributed by atoms with Crippen molar-refractivity contribution in [3.8, 4) is 11.8 Å². The standard InChI is InChI=1S/C11H15N3O3S/c1-3-9(7-12)18(15,16)14-8-4-5-11(17-2)10(13)6-8/h4-6,9,14H,3,13H2,1-2H3. The van der Waals surface area contributed by atoms with Gasteiger partial charge >= 0.3 is 0 Å². The molecule has 0 saturated heterocycles. The van der Waals surface area contributed by atoms with Crippen molar-refractivity contribution >= 4 is 21.4 Å². The number of methoxy groups -OCH3 is 1. The number of nitrogens with one attached hydrogen (secondary N) is 1. The van der Waals surface area contributed by atoms with E-state index in [0.29, 0.717) is 17.1 Å².